The number of ether oxygens (including phenoxy) is 1. The first-order valence-electron chi connectivity index (χ1n) is 5.50. The highest BCUT2D eigenvalue weighted by Crippen LogP contribution is 2.29. The van der Waals surface area contributed by atoms with Gasteiger partial charge in [0, 0.05) is 18.3 Å². The Hall–Kier alpha value is -0.880. The average Bonchev–Trinajstić information content (AvgIpc) is 2.33. The van der Waals surface area contributed by atoms with Crippen LogP contribution in [-0.2, 0) is 0 Å². The molecule has 1 aromatic rings. The molecular formula is C12H16F3NOS. The maximum Gasteiger partial charge on any atom is 0.441 e. The summed E-state index contributed by atoms with van der Waals surface area (Å²) in [6, 6.07) is 7.47. The van der Waals surface area contributed by atoms with Crippen molar-refractivity contribution in [1.29, 1.82) is 0 Å². The van der Waals surface area contributed by atoms with E-state index in [4.69, 9.17) is 4.74 Å². The molecule has 1 rings (SSSR count). The van der Waals surface area contributed by atoms with Crippen molar-refractivity contribution < 1.29 is 17.9 Å². The lowest BCUT2D eigenvalue weighted by Crippen LogP contribution is -2.22. The van der Waals surface area contributed by atoms with Crippen molar-refractivity contribution in [2.45, 2.75) is 18.5 Å². The fraction of sp³-hybridized carbons (Fsp3) is 0.500. The third-order valence-electron chi connectivity index (χ3n) is 2.43. The van der Waals surface area contributed by atoms with E-state index in [1.165, 1.54) is 0 Å². The van der Waals surface area contributed by atoms with Gasteiger partial charge in [0.15, 0.2) is 0 Å². The fourth-order valence-electron chi connectivity index (χ4n) is 1.45. The predicted octanol–water partition coefficient (Wildman–Crippen LogP) is 3.60. The monoisotopic (exact) mass is 279 g/mol. The molecule has 0 heterocycles. The maximum atomic E-state index is 11.9. The largest absolute Gasteiger partial charge is 0.497 e. The summed E-state index contributed by atoms with van der Waals surface area (Å²) in [6.07, 6.45) is 0. The summed E-state index contributed by atoms with van der Waals surface area (Å²) >= 11 is -0.00568. The van der Waals surface area contributed by atoms with Crippen molar-refractivity contribution in [1.82, 2.24) is 5.32 Å². The standard InChI is InChI=1S/C12H16F3NOS/c1-9(16-7-8-18-12(13,14)15)10-3-5-11(17-2)6-4-10/h3-6,9,16H,7-8H2,1-2H3/t9-/m1/s1. The number of nitrogens with one attached hydrogen (secondary N) is 1. The molecule has 0 saturated carbocycles. The molecular weight excluding hydrogens is 263 g/mol. The van der Waals surface area contributed by atoms with E-state index < -0.39 is 5.51 Å². The summed E-state index contributed by atoms with van der Waals surface area (Å²) in [5.74, 6) is 0.780. The Morgan fingerprint density at radius 3 is 2.39 bits per heavy atom. The lowest BCUT2D eigenvalue weighted by Gasteiger charge is -2.15. The highest BCUT2D eigenvalue weighted by molar-refractivity contribution is 8.00. The minimum absolute atomic E-state index is 0.00568. The van der Waals surface area contributed by atoms with Gasteiger partial charge in [-0.2, -0.15) is 13.2 Å². The number of hydrogen-bond donors (Lipinski definition) is 1. The molecule has 0 aliphatic rings. The van der Waals surface area contributed by atoms with Gasteiger partial charge in [0.25, 0.3) is 0 Å². The van der Waals surface area contributed by atoms with Crippen LogP contribution >= 0.6 is 11.8 Å². The number of halogens is 3. The van der Waals surface area contributed by atoms with Gasteiger partial charge >= 0.3 is 5.51 Å². The van der Waals surface area contributed by atoms with Crippen LogP contribution in [0.1, 0.15) is 18.5 Å². The zero-order valence-electron chi connectivity index (χ0n) is 10.3. The van der Waals surface area contributed by atoms with Crippen LogP contribution in [0.4, 0.5) is 13.2 Å². The Morgan fingerprint density at radius 2 is 1.89 bits per heavy atom. The van der Waals surface area contributed by atoms with Crippen LogP contribution in [0.3, 0.4) is 0 Å². The zero-order valence-corrected chi connectivity index (χ0v) is 11.1. The highest BCUT2D eigenvalue weighted by Gasteiger charge is 2.27. The number of methoxy groups -OCH3 is 1. The molecule has 0 aliphatic carbocycles. The van der Waals surface area contributed by atoms with E-state index in [0.29, 0.717) is 6.54 Å². The van der Waals surface area contributed by atoms with Crippen molar-refractivity contribution in [3.8, 4) is 5.75 Å². The Morgan fingerprint density at radius 1 is 1.28 bits per heavy atom. The molecule has 0 spiro atoms. The van der Waals surface area contributed by atoms with Gasteiger partial charge in [-0.05, 0) is 36.4 Å². The highest BCUT2D eigenvalue weighted by atomic mass is 32.2. The molecule has 0 unspecified atom stereocenters. The SMILES string of the molecule is COc1ccc([C@@H](C)NCCSC(F)(F)F)cc1. The minimum Gasteiger partial charge on any atom is -0.497 e. The van der Waals surface area contributed by atoms with Crippen molar-refractivity contribution >= 4 is 11.8 Å². The van der Waals surface area contributed by atoms with Gasteiger partial charge < -0.3 is 10.1 Å². The van der Waals surface area contributed by atoms with Gasteiger partial charge in [0.05, 0.1) is 7.11 Å². The van der Waals surface area contributed by atoms with E-state index in [1.54, 1.807) is 7.11 Å². The van der Waals surface area contributed by atoms with E-state index in [-0.39, 0.29) is 23.6 Å². The number of rotatable bonds is 6. The van der Waals surface area contributed by atoms with Crippen molar-refractivity contribution in [3.05, 3.63) is 29.8 Å². The van der Waals surface area contributed by atoms with E-state index in [0.717, 1.165) is 11.3 Å². The van der Waals surface area contributed by atoms with Crippen LogP contribution in [0.25, 0.3) is 0 Å². The Balaban J connectivity index is 2.33. The predicted molar refractivity (Wildman–Crippen MR) is 67.9 cm³/mol. The molecule has 0 radical (unpaired) electrons. The second-order valence-corrected chi connectivity index (χ2v) is 4.90. The molecule has 6 heteroatoms. The summed E-state index contributed by atoms with van der Waals surface area (Å²) in [5.41, 5.74) is -3.13. The van der Waals surface area contributed by atoms with E-state index in [2.05, 4.69) is 5.32 Å². The second-order valence-electron chi connectivity index (χ2n) is 3.74. The van der Waals surface area contributed by atoms with Crippen LogP contribution in [0.2, 0.25) is 0 Å². The van der Waals surface area contributed by atoms with Gasteiger partial charge in [-0.15, -0.1) is 0 Å². The first-order chi connectivity index (χ1) is 8.42. The lowest BCUT2D eigenvalue weighted by atomic mass is 10.1. The molecule has 0 bridgehead atoms. The van der Waals surface area contributed by atoms with E-state index in [9.17, 15) is 13.2 Å². The number of thioether (sulfide) groups is 1. The number of alkyl halides is 3. The number of hydrogen-bond acceptors (Lipinski definition) is 3. The smallest absolute Gasteiger partial charge is 0.441 e. The molecule has 0 aliphatic heterocycles. The third kappa shape index (κ3) is 5.64. The molecule has 1 aromatic carbocycles. The van der Waals surface area contributed by atoms with Gasteiger partial charge in [-0.1, -0.05) is 12.1 Å². The quantitative estimate of drug-likeness (QED) is 0.804. The molecule has 2 nitrogen and oxygen atoms in total. The van der Waals surface area contributed by atoms with Crippen molar-refractivity contribution in [2.24, 2.45) is 0 Å². The van der Waals surface area contributed by atoms with E-state index in [1.807, 2.05) is 31.2 Å². The van der Waals surface area contributed by atoms with Crippen LogP contribution < -0.4 is 10.1 Å². The Kier molecular flexibility index (Phi) is 5.81. The molecule has 18 heavy (non-hydrogen) atoms. The second kappa shape index (κ2) is 6.89. The summed E-state index contributed by atoms with van der Waals surface area (Å²) in [6.45, 7) is 2.23. The molecule has 0 amide bonds. The Bertz CT molecular complexity index is 353. The van der Waals surface area contributed by atoms with Crippen molar-refractivity contribution in [3.63, 3.8) is 0 Å². The van der Waals surface area contributed by atoms with Crippen LogP contribution in [0.5, 0.6) is 5.75 Å². The topological polar surface area (TPSA) is 21.3 Å². The first kappa shape index (κ1) is 15.2. The molecule has 0 fully saturated rings. The third-order valence-corrected chi connectivity index (χ3v) is 3.17. The molecule has 0 saturated heterocycles. The lowest BCUT2D eigenvalue weighted by molar-refractivity contribution is -0.0327. The first-order valence-corrected chi connectivity index (χ1v) is 6.49. The van der Waals surface area contributed by atoms with Crippen LogP contribution in [-0.4, -0.2) is 24.9 Å². The maximum absolute atomic E-state index is 11.9. The van der Waals surface area contributed by atoms with Crippen LogP contribution in [0.15, 0.2) is 24.3 Å². The van der Waals surface area contributed by atoms with Gasteiger partial charge in [0.2, 0.25) is 0 Å². The molecule has 0 aromatic heterocycles. The fourth-order valence-corrected chi connectivity index (χ4v) is 1.90. The average molecular weight is 279 g/mol. The zero-order chi connectivity index (χ0) is 13.6. The van der Waals surface area contributed by atoms with Gasteiger partial charge in [-0.25, -0.2) is 0 Å². The molecule has 1 N–H and O–H groups in total. The molecule has 102 valence electrons. The summed E-state index contributed by atoms with van der Waals surface area (Å²) in [7, 11) is 1.59. The summed E-state index contributed by atoms with van der Waals surface area (Å²) in [5, 5.41) is 3.05. The van der Waals surface area contributed by atoms with Gasteiger partial charge in [-0.3, -0.25) is 0 Å². The Labute approximate surface area is 109 Å². The van der Waals surface area contributed by atoms with Gasteiger partial charge in [0.1, 0.15) is 5.75 Å². The normalized spacial score (nSPS) is 13.4. The summed E-state index contributed by atoms with van der Waals surface area (Å²) < 4.78 is 40.8. The minimum atomic E-state index is -4.15. The van der Waals surface area contributed by atoms with E-state index >= 15 is 0 Å². The molecule has 1 atom stereocenters. The summed E-state index contributed by atoms with van der Waals surface area (Å²) in [4.78, 5) is 0. The number of benzene rings is 1. The van der Waals surface area contributed by atoms with Crippen LogP contribution in [0, 0.1) is 0 Å². The van der Waals surface area contributed by atoms with Crippen molar-refractivity contribution in [2.75, 3.05) is 19.4 Å².